The Balaban J connectivity index is 1.77. The zero-order valence-corrected chi connectivity index (χ0v) is 11.4. The zero-order chi connectivity index (χ0) is 14.5. The van der Waals surface area contributed by atoms with E-state index in [1.54, 1.807) is 6.20 Å². The maximum Gasteiger partial charge on any atom is 0.315 e. The van der Waals surface area contributed by atoms with Gasteiger partial charge in [-0.15, -0.1) is 0 Å². The first-order valence-electron chi connectivity index (χ1n) is 6.74. The highest BCUT2D eigenvalue weighted by Crippen LogP contribution is 2.25. The highest BCUT2D eigenvalue weighted by molar-refractivity contribution is 5.75. The predicted octanol–water partition coefficient (Wildman–Crippen LogP) is 1.44. The minimum Gasteiger partial charge on any atom is -0.481 e. The van der Waals surface area contributed by atoms with Crippen molar-refractivity contribution >= 4 is 12.0 Å². The van der Waals surface area contributed by atoms with Crippen molar-refractivity contribution in [1.82, 2.24) is 15.6 Å². The number of nitrogens with zero attached hydrogens (tertiary/aromatic N) is 1. The van der Waals surface area contributed by atoms with Crippen LogP contribution in [0.5, 0.6) is 0 Å². The first-order chi connectivity index (χ1) is 9.56. The average Bonchev–Trinajstić information content (AvgIpc) is 2.86. The Labute approximate surface area is 117 Å². The number of amides is 2. The van der Waals surface area contributed by atoms with Gasteiger partial charge in [-0.3, -0.25) is 9.78 Å². The van der Waals surface area contributed by atoms with Crippen LogP contribution in [0.3, 0.4) is 0 Å². The second-order valence-corrected chi connectivity index (χ2v) is 5.14. The largest absolute Gasteiger partial charge is 0.481 e. The number of hydrogen-bond acceptors (Lipinski definition) is 3. The number of aromatic nitrogens is 1. The normalized spacial score (nSPS) is 21.4. The van der Waals surface area contributed by atoms with Crippen LogP contribution in [0.15, 0.2) is 18.3 Å². The molecule has 2 atom stereocenters. The summed E-state index contributed by atoms with van der Waals surface area (Å²) < 4.78 is 0. The lowest BCUT2D eigenvalue weighted by molar-refractivity contribution is -0.141. The Morgan fingerprint density at radius 1 is 1.45 bits per heavy atom. The van der Waals surface area contributed by atoms with Crippen molar-refractivity contribution in [3.8, 4) is 0 Å². The van der Waals surface area contributed by atoms with Crippen LogP contribution in [0.2, 0.25) is 0 Å². The molecule has 1 aromatic heterocycles. The second-order valence-electron chi connectivity index (χ2n) is 5.14. The molecule has 0 saturated heterocycles. The van der Waals surface area contributed by atoms with Gasteiger partial charge in [0.1, 0.15) is 0 Å². The molecule has 6 nitrogen and oxygen atoms in total. The molecule has 6 heteroatoms. The van der Waals surface area contributed by atoms with Crippen molar-refractivity contribution in [2.75, 3.05) is 0 Å². The Hall–Kier alpha value is -2.11. The molecule has 20 heavy (non-hydrogen) atoms. The van der Waals surface area contributed by atoms with Gasteiger partial charge in [0.05, 0.1) is 18.2 Å². The smallest absolute Gasteiger partial charge is 0.315 e. The number of rotatable bonds is 4. The van der Waals surface area contributed by atoms with Crippen molar-refractivity contribution in [3.05, 3.63) is 29.6 Å². The molecule has 108 valence electrons. The van der Waals surface area contributed by atoms with Gasteiger partial charge in [-0.2, -0.15) is 0 Å². The number of pyridine rings is 1. The van der Waals surface area contributed by atoms with Gasteiger partial charge in [0.15, 0.2) is 0 Å². The van der Waals surface area contributed by atoms with Crippen molar-refractivity contribution in [3.63, 3.8) is 0 Å². The van der Waals surface area contributed by atoms with E-state index in [1.165, 1.54) is 0 Å². The van der Waals surface area contributed by atoms with Crippen molar-refractivity contribution in [1.29, 1.82) is 0 Å². The van der Waals surface area contributed by atoms with Crippen LogP contribution < -0.4 is 10.6 Å². The van der Waals surface area contributed by atoms with Crippen LogP contribution in [0.1, 0.15) is 30.5 Å². The number of carbonyl (C=O) groups excluding carboxylic acids is 1. The Bertz CT molecular complexity index is 504. The maximum atomic E-state index is 11.8. The molecule has 1 fully saturated rings. The molecule has 1 aromatic rings. The fourth-order valence-electron chi connectivity index (χ4n) is 2.44. The van der Waals surface area contributed by atoms with Gasteiger partial charge in [0, 0.05) is 12.2 Å². The summed E-state index contributed by atoms with van der Waals surface area (Å²) in [4.78, 5) is 26.8. The maximum absolute atomic E-state index is 11.8. The number of aryl methyl sites for hydroxylation is 1. The molecular formula is C14H19N3O3. The topological polar surface area (TPSA) is 91.3 Å². The van der Waals surface area contributed by atoms with Gasteiger partial charge < -0.3 is 15.7 Å². The third-order valence-corrected chi connectivity index (χ3v) is 3.65. The van der Waals surface area contributed by atoms with Crippen LogP contribution in [0, 0.1) is 12.8 Å². The fourth-order valence-corrected chi connectivity index (χ4v) is 2.44. The number of hydrogen-bond donors (Lipinski definition) is 3. The number of nitrogens with one attached hydrogen (secondary N) is 2. The third kappa shape index (κ3) is 3.69. The van der Waals surface area contributed by atoms with E-state index in [0.717, 1.165) is 11.3 Å². The summed E-state index contributed by atoms with van der Waals surface area (Å²) >= 11 is 0. The van der Waals surface area contributed by atoms with Gasteiger partial charge in [-0.05, 0) is 37.8 Å². The summed E-state index contributed by atoms with van der Waals surface area (Å²) in [7, 11) is 0. The summed E-state index contributed by atoms with van der Waals surface area (Å²) in [6, 6.07) is 3.46. The fraction of sp³-hybridized carbons (Fsp3) is 0.500. The number of carbonyl (C=O) groups is 2. The van der Waals surface area contributed by atoms with Gasteiger partial charge >= 0.3 is 12.0 Å². The van der Waals surface area contributed by atoms with Crippen LogP contribution in [0.4, 0.5) is 4.79 Å². The number of carboxylic acid groups (broad SMARTS) is 1. The van der Waals surface area contributed by atoms with E-state index in [9.17, 15) is 9.59 Å². The van der Waals surface area contributed by atoms with Crippen LogP contribution in [-0.4, -0.2) is 28.1 Å². The summed E-state index contributed by atoms with van der Waals surface area (Å²) in [5.74, 6) is -1.11. The summed E-state index contributed by atoms with van der Waals surface area (Å²) in [5.41, 5.74) is 1.86. The van der Waals surface area contributed by atoms with Crippen molar-refractivity contribution < 1.29 is 14.7 Å². The third-order valence-electron chi connectivity index (χ3n) is 3.65. The quantitative estimate of drug-likeness (QED) is 0.776. The molecule has 1 heterocycles. The summed E-state index contributed by atoms with van der Waals surface area (Å²) in [6.45, 7) is 2.31. The van der Waals surface area contributed by atoms with Crippen LogP contribution in [0.25, 0.3) is 0 Å². The van der Waals surface area contributed by atoms with E-state index in [2.05, 4.69) is 15.6 Å². The molecule has 3 N–H and O–H groups in total. The summed E-state index contributed by atoms with van der Waals surface area (Å²) in [5, 5.41) is 14.5. The lowest BCUT2D eigenvalue weighted by atomic mass is 10.1. The van der Waals surface area contributed by atoms with Crippen LogP contribution in [-0.2, 0) is 11.3 Å². The zero-order valence-electron chi connectivity index (χ0n) is 11.4. The predicted molar refractivity (Wildman–Crippen MR) is 73.1 cm³/mol. The molecule has 1 aliphatic carbocycles. The van der Waals surface area contributed by atoms with E-state index in [-0.39, 0.29) is 18.0 Å². The Kier molecular flexibility index (Phi) is 4.55. The lowest BCUT2D eigenvalue weighted by Gasteiger charge is -2.13. The van der Waals surface area contributed by atoms with E-state index in [4.69, 9.17) is 5.11 Å². The van der Waals surface area contributed by atoms with E-state index in [1.807, 2.05) is 19.1 Å². The van der Waals surface area contributed by atoms with E-state index in [0.29, 0.717) is 25.8 Å². The Morgan fingerprint density at radius 2 is 2.25 bits per heavy atom. The number of aliphatic carboxylic acids is 1. The van der Waals surface area contributed by atoms with Gasteiger partial charge in [0.25, 0.3) is 0 Å². The first-order valence-corrected chi connectivity index (χ1v) is 6.74. The standard InChI is InChI=1S/C14H19N3O3/c1-9-3-2-6-15-12(9)8-16-14(20)17-11-5-4-10(7-11)13(18)19/h2-3,6,10-11H,4-5,7-8H2,1H3,(H,18,19)(H2,16,17,20). The summed E-state index contributed by atoms with van der Waals surface area (Å²) in [6.07, 6.45) is 3.54. The molecule has 2 amide bonds. The highest BCUT2D eigenvalue weighted by atomic mass is 16.4. The molecule has 0 aromatic carbocycles. The number of carboxylic acids is 1. The second kappa shape index (κ2) is 6.36. The van der Waals surface area contributed by atoms with Crippen molar-refractivity contribution in [2.45, 2.75) is 38.8 Å². The molecule has 0 bridgehead atoms. The minimum atomic E-state index is -0.779. The van der Waals surface area contributed by atoms with Gasteiger partial charge in [-0.1, -0.05) is 6.07 Å². The van der Waals surface area contributed by atoms with Crippen LogP contribution >= 0.6 is 0 Å². The Morgan fingerprint density at radius 3 is 2.90 bits per heavy atom. The molecule has 0 aliphatic heterocycles. The monoisotopic (exact) mass is 277 g/mol. The van der Waals surface area contributed by atoms with Gasteiger partial charge in [0.2, 0.25) is 0 Å². The SMILES string of the molecule is Cc1cccnc1CNC(=O)NC1CCC(C(=O)O)C1. The average molecular weight is 277 g/mol. The molecule has 0 spiro atoms. The van der Waals surface area contributed by atoms with E-state index >= 15 is 0 Å². The van der Waals surface area contributed by atoms with E-state index < -0.39 is 5.97 Å². The molecule has 2 unspecified atom stereocenters. The highest BCUT2D eigenvalue weighted by Gasteiger charge is 2.30. The molecule has 0 radical (unpaired) electrons. The van der Waals surface area contributed by atoms with Crippen molar-refractivity contribution in [2.24, 2.45) is 5.92 Å². The number of urea groups is 1. The lowest BCUT2D eigenvalue weighted by Crippen LogP contribution is -2.41. The van der Waals surface area contributed by atoms with Gasteiger partial charge in [-0.25, -0.2) is 4.79 Å². The molecule has 2 rings (SSSR count). The molecular weight excluding hydrogens is 258 g/mol. The minimum absolute atomic E-state index is 0.0547. The first kappa shape index (κ1) is 14.3. The molecule has 1 saturated carbocycles. The molecule has 1 aliphatic rings.